The smallest absolute Gasteiger partial charge is 0.274 e. The number of rotatable bonds is 9. The third-order valence-electron chi connectivity index (χ3n) is 4.95. The fraction of sp³-hybridized carbons (Fsp3) is 0.0800. The summed E-state index contributed by atoms with van der Waals surface area (Å²) < 4.78 is 53.2. The molecule has 0 unspecified atom stereocenters. The number of sulfonamides is 1. The predicted molar refractivity (Wildman–Crippen MR) is 138 cm³/mol. The molecule has 0 saturated heterocycles. The zero-order valence-corrected chi connectivity index (χ0v) is 21.2. The van der Waals surface area contributed by atoms with Crippen molar-refractivity contribution in [3.8, 4) is 17.2 Å². The van der Waals surface area contributed by atoms with E-state index < -0.39 is 28.3 Å². The van der Waals surface area contributed by atoms with Crippen molar-refractivity contribution in [1.29, 1.82) is 0 Å². The van der Waals surface area contributed by atoms with E-state index in [-0.39, 0.29) is 21.3 Å². The molecule has 0 aliphatic carbocycles. The van der Waals surface area contributed by atoms with Crippen LogP contribution in [0.1, 0.15) is 0 Å². The van der Waals surface area contributed by atoms with E-state index in [4.69, 9.17) is 21.1 Å². The largest absolute Gasteiger partial charge is 0.493 e. The molecule has 0 saturated carbocycles. The molecule has 1 heterocycles. The number of carbonyl (C=O) groups is 1. The van der Waals surface area contributed by atoms with Gasteiger partial charge in [0.15, 0.2) is 17.2 Å². The highest BCUT2D eigenvalue weighted by Crippen LogP contribution is 2.36. The Morgan fingerprint density at radius 2 is 1.72 bits per heavy atom. The molecule has 0 aliphatic heterocycles. The highest BCUT2D eigenvalue weighted by Gasteiger charge is 2.30. The Kier molecular flexibility index (Phi) is 7.78. The van der Waals surface area contributed by atoms with Crippen molar-refractivity contribution >= 4 is 50.2 Å². The second-order valence-electron chi connectivity index (χ2n) is 7.34. The van der Waals surface area contributed by atoms with Gasteiger partial charge in [0.1, 0.15) is 16.6 Å². The van der Waals surface area contributed by atoms with Crippen molar-refractivity contribution in [3.05, 3.63) is 95.1 Å². The van der Waals surface area contributed by atoms with Crippen molar-refractivity contribution in [1.82, 2.24) is 0 Å². The lowest BCUT2D eigenvalue weighted by atomic mass is 10.2. The second kappa shape index (κ2) is 11.0. The average Bonchev–Trinajstić information content (AvgIpc) is 3.41. The van der Waals surface area contributed by atoms with Gasteiger partial charge in [-0.3, -0.25) is 9.10 Å². The van der Waals surface area contributed by atoms with Gasteiger partial charge in [-0.15, -0.1) is 11.3 Å². The Labute approximate surface area is 216 Å². The molecule has 0 bridgehead atoms. The van der Waals surface area contributed by atoms with E-state index in [2.05, 4.69) is 5.32 Å². The van der Waals surface area contributed by atoms with E-state index in [1.807, 2.05) is 0 Å². The van der Waals surface area contributed by atoms with Crippen LogP contribution in [0.15, 0.2) is 88.5 Å². The van der Waals surface area contributed by atoms with Crippen molar-refractivity contribution in [2.24, 2.45) is 0 Å². The molecule has 11 heteroatoms. The summed E-state index contributed by atoms with van der Waals surface area (Å²) >= 11 is 7.10. The third kappa shape index (κ3) is 5.62. The van der Waals surface area contributed by atoms with Crippen LogP contribution >= 0.6 is 22.9 Å². The van der Waals surface area contributed by atoms with Crippen LogP contribution in [0.5, 0.6) is 17.2 Å². The number of anilines is 2. The van der Waals surface area contributed by atoms with E-state index in [0.29, 0.717) is 16.5 Å². The summed E-state index contributed by atoms with van der Waals surface area (Å²) in [6.45, 7) is -0.693. The Balaban J connectivity index is 1.64. The second-order valence-corrected chi connectivity index (χ2v) is 10.8. The summed E-state index contributed by atoms with van der Waals surface area (Å²) in [5, 5.41) is 4.53. The number of carbonyl (C=O) groups excluding carboxylic acids is 1. The lowest BCUT2D eigenvalue weighted by Gasteiger charge is -2.24. The summed E-state index contributed by atoms with van der Waals surface area (Å²) in [4.78, 5) is 13.1. The van der Waals surface area contributed by atoms with Gasteiger partial charge in [0.05, 0.1) is 18.5 Å². The molecule has 4 aromatic rings. The minimum Gasteiger partial charge on any atom is -0.493 e. The van der Waals surface area contributed by atoms with Crippen molar-refractivity contribution in [3.63, 3.8) is 0 Å². The molecular weight excluding hydrogens is 527 g/mol. The Morgan fingerprint density at radius 3 is 2.42 bits per heavy atom. The number of thiophene rings is 1. The molecule has 0 fully saturated rings. The van der Waals surface area contributed by atoms with Gasteiger partial charge in [-0.05, 0) is 53.9 Å². The standard InChI is InChI=1S/C25H20ClFN2O5S2/c1-33-22-9-4-5-10-23(22)34-21-13-12-17(26)15-19(21)28-24(30)16-29(20-8-3-2-7-18(20)27)36(31,32)25-11-6-14-35-25/h2-15H,16H2,1H3,(H,28,30). The van der Waals surface area contributed by atoms with E-state index >= 15 is 0 Å². The van der Waals surface area contributed by atoms with Gasteiger partial charge >= 0.3 is 0 Å². The van der Waals surface area contributed by atoms with Crippen LogP contribution in [0.3, 0.4) is 0 Å². The van der Waals surface area contributed by atoms with E-state index in [1.54, 1.807) is 47.8 Å². The Bertz CT molecular complexity index is 1480. The number of nitrogens with one attached hydrogen (secondary N) is 1. The van der Waals surface area contributed by atoms with Crippen molar-refractivity contribution in [2.75, 3.05) is 23.3 Å². The van der Waals surface area contributed by atoms with Gasteiger partial charge in [-0.25, -0.2) is 12.8 Å². The number of benzene rings is 3. The molecule has 3 aromatic carbocycles. The first-order valence-corrected chi connectivity index (χ1v) is 13.2. The zero-order valence-electron chi connectivity index (χ0n) is 18.9. The van der Waals surface area contributed by atoms with Crippen LogP contribution in [0, 0.1) is 5.82 Å². The molecule has 1 amide bonds. The number of nitrogens with zero attached hydrogens (tertiary/aromatic N) is 1. The number of ether oxygens (including phenoxy) is 2. The van der Waals surface area contributed by atoms with Crippen molar-refractivity contribution in [2.45, 2.75) is 4.21 Å². The van der Waals surface area contributed by atoms with Gasteiger partial charge in [0.25, 0.3) is 10.0 Å². The third-order valence-corrected chi connectivity index (χ3v) is 8.32. The molecule has 1 aromatic heterocycles. The fourth-order valence-corrected chi connectivity index (χ4v) is 6.01. The highest BCUT2D eigenvalue weighted by molar-refractivity contribution is 7.94. The SMILES string of the molecule is COc1ccccc1Oc1ccc(Cl)cc1NC(=O)CN(c1ccccc1F)S(=O)(=O)c1cccs1. The topological polar surface area (TPSA) is 84.9 Å². The highest BCUT2D eigenvalue weighted by atomic mass is 35.5. The molecule has 0 radical (unpaired) electrons. The zero-order chi connectivity index (χ0) is 25.7. The van der Waals surface area contributed by atoms with E-state index in [9.17, 15) is 17.6 Å². The first-order chi connectivity index (χ1) is 17.3. The first kappa shape index (κ1) is 25.5. The monoisotopic (exact) mass is 546 g/mol. The number of halogens is 2. The molecule has 0 atom stereocenters. The summed E-state index contributed by atoms with van der Waals surface area (Å²) in [6, 6.07) is 19.8. The number of methoxy groups -OCH3 is 1. The van der Waals surface area contributed by atoms with E-state index in [1.165, 1.54) is 37.4 Å². The molecule has 186 valence electrons. The number of para-hydroxylation sites is 3. The van der Waals surface area contributed by atoms with Gasteiger partial charge in [-0.1, -0.05) is 41.9 Å². The van der Waals surface area contributed by atoms with Crippen molar-refractivity contribution < 1.29 is 27.1 Å². The fourth-order valence-electron chi connectivity index (χ4n) is 3.30. The average molecular weight is 547 g/mol. The van der Waals surface area contributed by atoms with Crippen LogP contribution in [-0.2, 0) is 14.8 Å². The normalized spacial score (nSPS) is 11.1. The van der Waals surface area contributed by atoms with Gasteiger partial charge < -0.3 is 14.8 Å². The summed E-state index contributed by atoms with van der Waals surface area (Å²) in [5.74, 6) is -0.404. The molecular formula is C25H20ClFN2O5S2. The molecule has 36 heavy (non-hydrogen) atoms. The van der Waals surface area contributed by atoms with Gasteiger partial charge in [-0.2, -0.15) is 0 Å². The van der Waals surface area contributed by atoms with Crippen LogP contribution < -0.4 is 19.1 Å². The summed E-state index contributed by atoms with van der Waals surface area (Å²) in [7, 11) is -2.72. The van der Waals surface area contributed by atoms with Gasteiger partial charge in [0.2, 0.25) is 5.91 Å². The molecule has 0 spiro atoms. The molecule has 4 rings (SSSR count). The maximum atomic E-state index is 14.6. The van der Waals surface area contributed by atoms with Crippen LogP contribution in [0.2, 0.25) is 5.02 Å². The number of hydrogen-bond acceptors (Lipinski definition) is 6. The molecule has 0 aliphatic rings. The first-order valence-electron chi connectivity index (χ1n) is 10.5. The maximum Gasteiger partial charge on any atom is 0.274 e. The lowest BCUT2D eigenvalue weighted by Crippen LogP contribution is -2.38. The van der Waals surface area contributed by atoms with E-state index in [0.717, 1.165) is 21.7 Å². The van der Waals surface area contributed by atoms with Crippen LogP contribution in [0.25, 0.3) is 0 Å². The predicted octanol–water partition coefficient (Wildman–Crippen LogP) is 6.18. The summed E-state index contributed by atoms with van der Waals surface area (Å²) in [5.41, 5.74) is -0.0574. The van der Waals surface area contributed by atoms with Gasteiger partial charge in [0, 0.05) is 5.02 Å². The number of amides is 1. The lowest BCUT2D eigenvalue weighted by molar-refractivity contribution is -0.114. The maximum absolute atomic E-state index is 14.6. The minimum absolute atomic E-state index is 0.0264. The van der Waals surface area contributed by atoms with Crippen LogP contribution in [-0.4, -0.2) is 28.0 Å². The Morgan fingerprint density at radius 1 is 1.00 bits per heavy atom. The Hall–Kier alpha value is -3.60. The quantitative estimate of drug-likeness (QED) is 0.271. The summed E-state index contributed by atoms with van der Waals surface area (Å²) in [6.07, 6.45) is 0. The van der Waals surface area contributed by atoms with Crippen LogP contribution in [0.4, 0.5) is 15.8 Å². The molecule has 7 nitrogen and oxygen atoms in total. The molecule has 1 N–H and O–H groups in total. The number of hydrogen-bond donors (Lipinski definition) is 1. The minimum atomic E-state index is -4.22.